The fourth-order valence-corrected chi connectivity index (χ4v) is 2.68. The summed E-state index contributed by atoms with van der Waals surface area (Å²) in [4.78, 5) is 18.8. The fourth-order valence-electron chi connectivity index (χ4n) is 2.46. The largest absolute Gasteiger partial charge is 0.378 e. The lowest BCUT2D eigenvalue weighted by atomic mass is 10.2. The molecule has 5 nitrogen and oxygen atoms in total. The molecule has 1 aliphatic heterocycles. The maximum atomic E-state index is 12.2. The van der Waals surface area contributed by atoms with Crippen molar-refractivity contribution in [2.45, 2.75) is 6.54 Å². The second kappa shape index (κ2) is 7.44. The van der Waals surface area contributed by atoms with E-state index in [4.69, 9.17) is 16.3 Å². The highest BCUT2D eigenvalue weighted by Gasteiger charge is 2.13. The molecule has 1 N–H and O–H groups in total. The Labute approximate surface area is 140 Å². The Balaban J connectivity index is 1.64. The van der Waals surface area contributed by atoms with Crippen LogP contribution in [0.25, 0.3) is 0 Å². The van der Waals surface area contributed by atoms with Crippen molar-refractivity contribution in [1.82, 2.24) is 10.3 Å². The van der Waals surface area contributed by atoms with Crippen LogP contribution in [0.2, 0.25) is 5.02 Å². The first-order valence-corrected chi connectivity index (χ1v) is 7.92. The quantitative estimate of drug-likeness (QED) is 0.935. The molecular weight excluding hydrogens is 314 g/mol. The van der Waals surface area contributed by atoms with Crippen molar-refractivity contribution in [3.63, 3.8) is 0 Å². The number of nitrogens with zero attached hydrogens (tertiary/aromatic N) is 2. The standard InChI is InChI=1S/C17H18ClN3O2/c18-15-4-2-1-3-14(15)17(22)20-12-13-5-6-19-16(11-13)21-7-9-23-10-8-21/h1-6,11H,7-10,12H2,(H,20,22). The van der Waals surface area contributed by atoms with Gasteiger partial charge in [-0.3, -0.25) is 4.79 Å². The number of anilines is 1. The Kier molecular flexibility index (Phi) is 5.10. The number of hydrogen-bond acceptors (Lipinski definition) is 4. The number of benzene rings is 1. The molecule has 0 radical (unpaired) electrons. The van der Waals surface area contributed by atoms with Crippen LogP contribution in [0.15, 0.2) is 42.6 Å². The fraction of sp³-hybridized carbons (Fsp3) is 0.294. The van der Waals surface area contributed by atoms with E-state index in [0.717, 1.165) is 37.7 Å². The van der Waals surface area contributed by atoms with Crippen molar-refractivity contribution in [3.8, 4) is 0 Å². The summed E-state index contributed by atoms with van der Waals surface area (Å²) in [5.74, 6) is 0.734. The van der Waals surface area contributed by atoms with Gasteiger partial charge < -0.3 is 15.0 Å². The van der Waals surface area contributed by atoms with Gasteiger partial charge in [-0.25, -0.2) is 4.98 Å². The van der Waals surface area contributed by atoms with Gasteiger partial charge in [0.05, 0.1) is 23.8 Å². The molecule has 0 atom stereocenters. The summed E-state index contributed by atoms with van der Waals surface area (Å²) >= 11 is 6.04. The lowest BCUT2D eigenvalue weighted by Crippen LogP contribution is -2.36. The highest BCUT2D eigenvalue weighted by atomic mass is 35.5. The molecule has 1 aromatic carbocycles. The van der Waals surface area contributed by atoms with Crippen molar-refractivity contribution in [1.29, 1.82) is 0 Å². The van der Waals surface area contributed by atoms with E-state index in [9.17, 15) is 4.79 Å². The number of carbonyl (C=O) groups is 1. The molecule has 2 heterocycles. The zero-order valence-electron chi connectivity index (χ0n) is 12.7. The zero-order chi connectivity index (χ0) is 16.1. The molecule has 23 heavy (non-hydrogen) atoms. The minimum atomic E-state index is -0.180. The van der Waals surface area contributed by atoms with E-state index in [-0.39, 0.29) is 5.91 Å². The molecule has 1 aliphatic rings. The van der Waals surface area contributed by atoms with Gasteiger partial charge in [-0.05, 0) is 29.8 Å². The van der Waals surface area contributed by atoms with E-state index in [1.54, 1.807) is 30.5 Å². The van der Waals surface area contributed by atoms with Crippen LogP contribution in [0.4, 0.5) is 5.82 Å². The number of ether oxygens (including phenoxy) is 1. The number of pyridine rings is 1. The number of morpholine rings is 1. The lowest BCUT2D eigenvalue weighted by Gasteiger charge is -2.28. The Morgan fingerprint density at radius 1 is 1.26 bits per heavy atom. The number of rotatable bonds is 4. The average molecular weight is 332 g/mol. The normalized spacial score (nSPS) is 14.6. The van der Waals surface area contributed by atoms with Crippen LogP contribution < -0.4 is 10.2 Å². The molecule has 0 bridgehead atoms. The number of halogens is 1. The van der Waals surface area contributed by atoms with Crippen LogP contribution in [0.1, 0.15) is 15.9 Å². The van der Waals surface area contributed by atoms with E-state index in [1.807, 2.05) is 12.1 Å². The zero-order valence-corrected chi connectivity index (χ0v) is 13.4. The molecular formula is C17H18ClN3O2. The molecule has 1 saturated heterocycles. The Hall–Kier alpha value is -2.11. The molecule has 1 aromatic heterocycles. The first-order valence-electron chi connectivity index (χ1n) is 7.54. The van der Waals surface area contributed by atoms with Crippen molar-refractivity contribution in [2.75, 3.05) is 31.2 Å². The molecule has 120 valence electrons. The van der Waals surface area contributed by atoms with Gasteiger partial charge in [-0.15, -0.1) is 0 Å². The van der Waals surface area contributed by atoms with Gasteiger partial charge in [0.2, 0.25) is 0 Å². The summed E-state index contributed by atoms with van der Waals surface area (Å²) in [6.45, 7) is 3.54. The predicted octanol–water partition coefficient (Wildman–Crippen LogP) is 2.50. The maximum absolute atomic E-state index is 12.2. The van der Waals surface area contributed by atoms with Crippen LogP contribution in [0, 0.1) is 0 Å². The highest BCUT2D eigenvalue weighted by molar-refractivity contribution is 6.33. The van der Waals surface area contributed by atoms with E-state index in [1.165, 1.54) is 0 Å². The molecule has 6 heteroatoms. The van der Waals surface area contributed by atoms with Crippen LogP contribution in [0.5, 0.6) is 0 Å². The SMILES string of the molecule is O=C(NCc1ccnc(N2CCOCC2)c1)c1ccccc1Cl. The third-order valence-corrected chi connectivity index (χ3v) is 4.05. The number of aromatic nitrogens is 1. The maximum Gasteiger partial charge on any atom is 0.253 e. The summed E-state index contributed by atoms with van der Waals surface area (Å²) in [6, 6.07) is 10.9. The summed E-state index contributed by atoms with van der Waals surface area (Å²) < 4.78 is 5.35. The second-order valence-corrected chi connectivity index (χ2v) is 5.69. The van der Waals surface area contributed by atoms with Crippen molar-refractivity contribution in [2.24, 2.45) is 0 Å². The summed E-state index contributed by atoms with van der Waals surface area (Å²) in [7, 11) is 0. The number of nitrogens with one attached hydrogen (secondary N) is 1. The predicted molar refractivity (Wildman–Crippen MR) is 89.9 cm³/mol. The molecule has 0 saturated carbocycles. The van der Waals surface area contributed by atoms with Gasteiger partial charge in [-0.2, -0.15) is 0 Å². The monoisotopic (exact) mass is 331 g/mol. The van der Waals surface area contributed by atoms with E-state index < -0.39 is 0 Å². The van der Waals surface area contributed by atoms with E-state index in [2.05, 4.69) is 15.2 Å². The van der Waals surface area contributed by atoms with Crippen LogP contribution in [0.3, 0.4) is 0 Å². The Bertz CT molecular complexity index is 687. The summed E-state index contributed by atoms with van der Waals surface area (Å²) in [6.07, 6.45) is 1.77. The van der Waals surface area contributed by atoms with E-state index >= 15 is 0 Å². The lowest BCUT2D eigenvalue weighted by molar-refractivity contribution is 0.0951. The van der Waals surface area contributed by atoms with Crippen molar-refractivity contribution >= 4 is 23.3 Å². The Morgan fingerprint density at radius 2 is 2.04 bits per heavy atom. The Morgan fingerprint density at radius 3 is 2.83 bits per heavy atom. The van der Waals surface area contributed by atoms with Crippen LogP contribution >= 0.6 is 11.6 Å². The molecule has 0 unspecified atom stereocenters. The van der Waals surface area contributed by atoms with Gasteiger partial charge >= 0.3 is 0 Å². The molecule has 0 aliphatic carbocycles. The molecule has 1 fully saturated rings. The first kappa shape index (κ1) is 15.8. The smallest absolute Gasteiger partial charge is 0.253 e. The van der Waals surface area contributed by atoms with Crippen molar-refractivity contribution in [3.05, 3.63) is 58.7 Å². The van der Waals surface area contributed by atoms with Gasteiger partial charge in [0, 0.05) is 25.8 Å². The van der Waals surface area contributed by atoms with Gasteiger partial charge in [-0.1, -0.05) is 23.7 Å². The molecule has 0 spiro atoms. The first-order chi connectivity index (χ1) is 11.2. The third-order valence-electron chi connectivity index (χ3n) is 3.72. The third kappa shape index (κ3) is 4.00. The van der Waals surface area contributed by atoms with Gasteiger partial charge in [0.15, 0.2) is 0 Å². The summed E-state index contributed by atoms with van der Waals surface area (Å²) in [5, 5.41) is 3.34. The molecule has 2 aromatic rings. The topological polar surface area (TPSA) is 54.5 Å². The summed E-state index contributed by atoms with van der Waals surface area (Å²) in [5.41, 5.74) is 1.48. The van der Waals surface area contributed by atoms with Crippen molar-refractivity contribution < 1.29 is 9.53 Å². The van der Waals surface area contributed by atoms with Gasteiger partial charge in [0.25, 0.3) is 5.91 Å². The second-order valence-electron chi connectivity index (χ2n) is 5.28. The average Bonchev–Trinajstić information content (AvgIpc) is 2.61. The number of amides is 1. The minimum absolute atomic E-state index is 0.180. The van der Waals surface area contributed by atoms with Gasteiger partial charge in [0.1, 0.15) is 5.82 Å². The number of carbonyl (C=O) groups excluding carboxylic acids is 1. The van der Waals surface area contributed by atoms with Crippen LogP contribution in [-0.2, 0) is 11.3 Å². The van der Waals surface area contributed by atoms with Crippen LogP contribution in [-0.4, -0.2) is 37.2 Å². The van der Waals surface area contributed by atoms with E-state index in [0.29, 0.717) is 17.1 Å². The molecule has 1 amide bonds. The number of hydrogen-bond donors (Lipinski definition) is 1. The highest BCUT2D eigenvalue weighted by Crippen LogP contribution is 2.16. The molecule has 3 rings (SSSR count). The minimum Gasteiger partial charge on any atom is -0.378 e.